The number of benzene rings is 1. The fourth-order valence-electron chi connectivity index (χ4n) is 2.94. The predicted molar refractivity (Wildman–Crippen MR) is 115 cm³/mol. The van der Waals surface area contributed by atoms with Crippen LogP contribution in [0.15, 0.2) is 40.4 Å². The molecule has 10 nitrogen and oxygen atoms in total. The fraction of sp³-hybridized carbons (Fsp3) is 0.429. The van der Waals surface area contributed by atoms with Crippen molar-refractivity contribution in [1.29, 1.82) is 15.8 Å². The van der Waals surface area contributed by atoms with Gasteiger partial charge in [-0.15, -0.1) is 0 Å². The summed E-state index contributed by atoms with van der Waals surface area (Å²) in [6.07, 6.45) is 0.502. The summed E-state index contributed by atoms with van der Waals surface area (Å²) in [4.78, 5) is 13.7. The Morgan fingerprint density at radius 2 is 1.62 bits per heavy atom. The lowest BCUT2D eigenvalue weighted by Gasteiger charge is -2.33. The van der Waals surface area contributed by atoms with Crippen LogP contribution in [0.1, 0.15) is 33.6 Å². The number of nitrogens with one attached hydrogen (secondary N) is 2. The van der Waals surface area contributed by atoms with Gasteiger partial charge in [0, 0.05) is 24.8 Å². The molecule has 1 amide bonds. The maximum atomic E-state index is 12.7. The van der Waals surface area contributed by atoms with E-state index >= 15 is 0 Å². The van der Waals surface area contributed by atoms with Gasteiger partial charge in [-0.05, 0) is 57.9 Å². The molecule has 11 heteroatoms. The lowest BCUT2D eigenvalue weighted by Crippen LogP contribution is -2.47. The first-order valence-electron chi connectivity index (χ1n) is 9.81. The Kier molecular flexibility index (Phi) is 7.82. The van der Waals surface area contributed by atoms with Crippen molar-refractivity contribution in [3.05, 3.63) is 35.5 Å². The standard InChI is InChI=1S/C21H24N6O4S/c1-21(2,3)31-20(28)27-10-8-17(9-11-27)26-32(29,30)18-6-4-16(5-7-18)25-19(14-24)15(12-22)13-23/h4-7,17,25-26H,8-11H2,1-3H3. The molecule has 2 rings (SSSR count). The van der Waals surface area contributed by atoms with Crippen molar-refractivity contribution in [3.8, 4) is 18.2 Å². The molecule has 1 aliphatic rings. The molecule has 0 aromatic heterocycles. The molecule has 0 bridgehead atoms. The summed E-state index contributed by atoms with van der Waals surface area (Å²) in [5.74, 6) is 0. The molecule has 1 aliphatic heterocycles. The molecule has 2 N–H and O–H groups in total. The maximum Gasteiger partial charge on any atom is 0.410 e. The molecule has 0 radical (unpaired) electrons. The van der Waals surface area contributed by atoms with Gasteiger partial charge in [0.2, 0.25) is 10.0 Å². The molecule has 1 heterocycles. The van der Waals surface area contributed by atoms with Crippen molar-refractivity contribution in [3.63, 3.8) is 0 Å². The number of carbonyl (C=O) groups is 1. The van der Waals surface area contributed by atoms with E-state index in [-0.39, 0.29) is 22.2 Å². The van der Waals surface area contributed by atoms with Crippen LogP contribution in [0.5, 0.6) is 0 Å². The van der Waals surface area contributed by atoms with Crippen LogP contribution in [-0.4, -0.2) is 44.1 Å². The summed E-state index contributed by atoms with van der Waals surface area (Å²) in [5.41, 5.74) is -0.830. The average Bonchev–Trinajstić information content (AvgIpc) is 2.73. The zero-order valence-electron chi connectivity index (χ0n) is 18.0. The van der Waals surface area contributed by atoms with Crippen LogP contribution >= 0.6 is 0 Å². The van der Waals surface area contributed by atoms with Crippen molar-refractivity contribution in [2.75, 3.05) is 18.4 Å². The minimum absolute atomic E-state index is 0.0286. The normalized spacial score (nSPS) is 14.4. The highest BCUT2D eigenvalue weighted by Crippen LogP contribution is 2.20. The fourth-order valence-corrected chi connectivity index (χ4v) is 4.24. The quantitative estimate of drug-likeness (QED) is 0.640. The van der Waals surface area contributed by atoms with Gasteiger partial charge < -0.3 is 15.0 Å². The highest BCUT2D eigenvalue weighted by molar-refractivity contribution is 7.89. The highest BCUT2D eigenvalue weighted by Gasteiger charge is 2.29. The van der Waals surface area contributed by atoms with Gasteiger partial charge in [0.15, 0.2) is 5.57 Å². The summed E-state index contributed by atoms with van der Waals surface area (Å²) in [6.45, 7) is 6.13. The Balaban J connectivity index is 2.00. The molecule has 1 aromatic carbocycles. The summed E-state index contributed by atoms with van der Waals surface area (Å²) in [7, 11) is -3.80. The monoisotopic (exact) mass is 456 g/mol. The number of carbonyl (C=O) groups excluding carboxylic acids is 1. The SMILES string of the molecule is CC(C)(C)OC(=O)N1CCC(NS(=O)(=O)c2ccc(NC(C#N)=C(C#N)C#N)cc2)CC1. The lowest BCUT2D eigenvalue weighted by molar-refractivity contribution is 0.0203. The van der Waals surface area contributed by atoms with Crippen molar-refractivity contribution in [2.24, 2.45) is 0 Å². The van der Waals surface area contributed by atoms with Crippen molar-refractivity contribution in [1.82, 2.24) is 9.62 Å². The number of nitrogens with zero attached hydrogens (tertiary/aromatic N) is 4. The third kappa shape index (κ3) is 6.71. The Morgan fingerprint density at radius 3 is 2.09 bits per heavy atom. The van der Waals surface area contributed by atoms with Crippen molar-refractivity contribution in [2.45, 2.75) is 50.2 Å². The van der Waals surface area contributed by atoms with E-state index in [1.165, 1.54) is 24.3 Å². The van der Waals surface area contributed by atoms with E-state index in [0.29, 0.717) is 31.6 Å². The van der Waals surface area contributed by atoms with Crippen LogP contribution in [0.3, 0.4) is 0 Å². The van der Waals surface area contributed by atoms with E-state index < -0.39 is 21.7 Å². The third-order valence-electron chi connectivity index (χ3n) is 4.49. The first kappa shape index (κ1) is 24.7. The number of sulfonamides is 1. The smallest absolute Gasteiger partial charge is 0.410 e. The highest BCUT2D eigenvalue weighted by atomic mass is 32.2. The summed E-state index contributed by atoms with van der Waals surface area (Å²) in [5, 5.41) is 29.5. The van der Waals surface area contributed by atoms with Gasteiger partial charge >= 0.3 is 6.09 Å². The number of piperidine rings is 1. The summed E-state index contributed by atoms with van der Waals surface area (Å²) >= 11 is 0. The Hall–Kier alpha value is -3.59. The van der Waals surface area contributed by atoms with Gasteiger partial charge in [0.05, 0.1) is 4.90 Å². The van der Waals surface area contributed by atoms with Crippen LogP contribution in [0, 0.1) is 34.0 Å². The number of allylic oxidation sites excluding steroid dienone is 2. The lowest BCUT2D eigenvalue weighted by atomic mass is 10.1. The van der Waals surface area contributed by atoms with Gasteiger partial charge in [0.1, 0.15) is 29.5 Å². The third-order valence-corrected chi connectivity index (χ3v) is 6.02. The van der Waals surface area contributed by atoms with E-state index in [4.69, 9.17) is 20.5 Å². The number of amides is 1. The van der Waals surface area contributed by atoms with E-state index in [1.54, 1.807) is 43.9 Å². The van der Waals surface area contributed by atoms with E-state index in [2.05, 4.69) is 10.0 Å². The molecule has 0 atom stereocenters. The zero-order valence-corrected chi connectivity index (χ0v) is 18.9. The number of anilines is 1. The van der Waals surface area contributed by atoms with E-state index in [9.17, 15) is 13.2 Å². The number of ether oxygens (including phenoxy) is 1. The molecule has 0 unspecified atom stereocenters. The van der Waals surface area contributed by atoms with Crippen molar-refractivity contribution < 1.29 is 17.9 Å². The molecule has 1 fully saturated rings. The molecule has 0 aliphatic carbocycles. The van der Waals surface area contributed by atoms with Crippen LogP contribution < -0.4 is 10.0 Å². The summed E-state index contributed by atoms with van der Waals surface area (Å²) < 4.78 is 33.4. The average molecular weight is 457 g/mol. The molecule has 1 aromatic rings. The predicted octanol–water partition coefficient (Wildman–Crippen LogP) is 2.60. The van der Waals surface area contributed by atoms with Crippen LogP contribution in [-0.2, 0) is 14.8 Å². The van der Waals surface area contributed by atoms with Gasteiger partial charge in [-0.3, -0.25) is 0 Å². The molecule has 168 valence electrons. The number of hydrogen-bond acceptors (Lipinski definition) is 8. The molecule has 1 saturated heterocycles. The van der Waals surface area contributed by atoms with E-state index in [0.717, 1.165) is 0 Å². The zero-order chi connectivity index (χ0) is 23.9. The second-order valence-electron chi connectivity index (χ2n) is 8.10. The number of rotatable bonds is 5. The molecular weight excluding hydrogens is 432 g/mol. The number of likely N-dealkylation sites (tertiary alicyclic amines) is 1. The van der Waals surface area contributed by atoms with Crippen molar-refractivity contribution >= 4 is 21.8 Å². The number of nitriles is 3. The molecule has 0 saturated carbocycles. The second kappa shape index (κ2) is 10.1. The minimum Gasteiger partial charge on any atom is -0.444 e. The Morgan fingerprint density at radius 1 is 1.06 bits per heavy atom. The van der Waals surface area contributed by atoms with Gasteiger partial charge in [0.25, 0.3) is 0 Å². The minimum atomic E-state index is -3.80. The molecule has 32 heavy (non-hydrogen) atoms. The first-order chi connectivity index (χ1) is 15.0. The molecule has 0 spiro atoms. The largest absolute Gasteiger partial charge is 0.444 e. The van der Waals surface area contributed by atoms with Crippen LogP contribution in [0.4, 0.5) is 10.5 Å². The van der Waals surface area contributed by atoms with E-state index in [1.807, 2.05) is 0 Å². The Bertz CT molecular complexity index is 1090. The maximum absolute atomic E-state index is 12.7. The summed E-state index contributed by atoms with van der Waals surface area (Å²) in [6, 6.07) is 10.2. The van der Waals surface area contributed by atoms with Gasteiger partial charge in [-0.1, -0.05) is 0 Å². The van der Waals surface area contributed by atoms with Crippen LogP contribution in [0.2, 0.25) is 0 Å². The molecular formula is C21H24N6O4S. The van der Waals surface area contributed by atoms with Crippen LogP contribution in [0.25, 0.3) is 0 Å². The Labute approximate surface area is 187 Å². The number of hydrogen-bond donors (Lipinski definition) is 2. The van der Waals surface area contributed by atoms with Gasteiger partial charge in [-0.25, -0.2) is 17.9 Å². The van der Waals surface area contributed by atoms with Gasteiger partial charge in [-0.2, -0.15) is 15.8 Å². The second-order valence-corrected chi connectivity index (χ2v) is 9.81. The first-order valence-corrected chi connectivity index (χ1v) is 11.3. The topological polar surface area (TPSA) is 159 Å².